The largest absolute Gasteiger partial charge is 0.493 e. The normalized spacial score (nSPS) is 16.3. The number of anilines is 1. The molecule has 3 aromatic rings. The molecule has 1 aliphatic rings. The van der Waals surface area contributed by atoms with Gasteiger partial charge in [-0.05, 0) is 49.2 Å². The maximum absolute atomic E-state index is 12.6. The summed E-state index contributed by atoms with van der Waals surface area (Å²) in [7, 11) is 3.15. The van der Waals surface area contributed by atoms with E-state index >= 15 is 0 Å². The molecule has 0 radical (unpaired) electrons. The average Bonchev–Trinajstić information content (AvgIpc) is 3.33. The van der Waals surface area contributed by atoms with Crippen molar-refractivity contribution in [1.29, 1.82) is 0 Å². The molecule has 150 valence electrons. The van der Waals surface area contributed by atoms with Gasteiger partial charge < -0.3 is 18.9 Å². The van der Waals surface area contributed by atoms with Crippen molar-refractivity contribution in [3.8, 4) is 22.9 Å². The van der Waals surface area contributed by atoms with Gasteiger partial charge in [-0.2, -0.15) is 4.98 Å². The molecule has 1 atom stereocenters. The summed E-state index contributed by atoms with van der Waals surface area (Å²) in [5.74, 6) is 1.90. The molecule has 4 rings (SSSR count). The molecule has 2 aromatic carbocycles. The Morgan fingerprint density at radius 3 is 2.55 bits per heavy atom. The van der Waals surface area contributed by atoms with Crippen LogP contribution in [0.25, 0.3) is 11.4 Å². The Kier molecular flexibility index (Phi) is 4.96. The van der Waals surface area contributed by atoms with Crippen LogP contribution in [0, 0.1) is 13.8 Å². The molecular formula is C22H23N3O4. The maximum Gasteiger partial charge on any atom is 0.232 e. The molecule has 0 spiro atoms. The average molecular weight is 393 g/mol. The highest BCUT2D eigenvalue weighted by atomic mass is 16.5. The fraction of sp³-hybridized carbons (Fsp3) is 0.318. The lowest BCUT2D eigenvalue weighted by molar-refractivity contribution is -0.117. The lowest BCUT2D eigenvalue weighted by Crippen LogP contribution is -2.24. The summed E-state index contributed by atoms with van der Waals surface area (Å²) >= 11 is 0. The minimum Gasteiger partial charge on any atom is -0.493 e. The summed E-state index contributed by atoms with van der Waals surface area (Å²) in [5.41, 5.74) is 3.84. The van der Waals surface area contributed by atoms with Gasteiger partial charge >= 0.3 is 0 Å². The van der Waals surface area contributed by atoms with E-state index in [0.717, 1.165) is 16.8 Å². The number of hydrogen-bond donors (Lipinski definition) is 0. The second kappa shape index (κ2) is 7.58. The fourth-order valence-electron chi connectivity index (χ4n) is 3.80. The SMILES string of the molecule is COc1cccc(-c2noc([C@@H]3CC(=O)N(c4cc(C)cc(C)c4)C3)n2)c1OC. The van der Waals surface area contributed by atoms with Crippen molar-refractivity contribution in [3.63, 3.8) is 0 Å². The van der Waals surface area contributed by atoms with Gasteiger partial charge in [-0.25, -0.2) is 0 Å². The van der Waals surface area contributed by atoms with E-state index in [1.54, 1.807) is 25.2 Å². The fourth-order valence-corrected chi connectivity index (χ4v) is 3.80. The van der Waals surface area contributed by atoms with Crippen LogP contribution in [0.2, 0.25) is 0 Å². The van der Waals surface area contributed by atoms with Crippen molar-refractivity contribution in [1.82, 2.24) is 10.1 Å². The zero-order valence-electron chi connectivity index (χ0n) is 16.9. The summed E-state index contributed by atoms with van der Waals surface area (Å²) in [6.45, 7) is 4.57. The Labute approximate surface area is 169 Å². The molecule has 0 N–H and O–H groups in total. The molecule has 2 heterocycles. The summed E-state index contributed by atoms with van der Waals surface area (Å²) in [6.07, 6.45) is 0.337. The van der Waals surface area contributed by atoms with Gasteiger partial charge in [0, 0.05) is 18.7 Å². The summed E-state index contributed by atoms with van der Waals surface area (Å²) in [6, 6.07) is 11.6. The third kappa shape index (κ3) is 3.55. The van der Waals surface area contributed by atoms with Gasteiger partial charge in [-0.1, -0.05) is 17.3 Å². The number of methoxy groups -OCH3 is 2. The van der Waals surface area contributed by atoms with Crippen molar-refractivity contribution in [2.24, 2.45) is 0 Å². The zero-order chi connectivity index (χ0) is 20.5. The van der Waals surface area contributed by atoms with Gasteiger partial charge in [0.25, 0.3) is 0 Å². The first-order valence-electron chi connectivity index (χ1n) is 9.43. The Balaban J connectivity index is 1.60. The monoisotopic (exact) mass is 393 g/mol. The van der Waals surface area contributed by atoms with Crippen molar-refractivity contribution in [2.75, 3.05) is 25.7 Å². The predicted molar refractivity (Wildman–Crippen MR) is 108 cm³/mol. The van der Waals surface area contributed by atoms with E-state index < -0.39 is 0 Å². The number of ether oxygens (including phenoxy) is 2. The molecular weight excluding hydrogens is 370 g/mol. The first-order chi connectivity index (χ1) is 14.0. The lowest BCUT2D eigenvalue weighted by atomic mass is 10.1. The molecule has 0 saturated carbocycles. The van der Waals surface area contributed by atoms with Gasteiger partial charge in [0.2, 0.25) is 17.6 Å². The summed E-state index contributed by atoms with van der Waals surface area (Å²) in [4.78, 5) is 19.0. The highest BCUT2D eigenvalue weighted by molar-refractivity contribution is 5.96. The van der Waals surface area contributed by atoms with Gasteiger partial charge in [0.15, 0.2) is 11.5 Å². The van der Waals surface area contributed by atoms with Crippen LogP contribution in [0.15, 0.2) is 40.9 Å². The predicted octanol–water partition coefficient (Wildman–Crippen LogP) is 3.89. The third-order valence-electron chi connectivity index (χ3n) is 5.08. The molecule has 7 heteroatoms. The molecule has 1 amide bonds. The highest BCUT2D eigenvalue weighted by Gasteiger charge is 2.35. The molecule has 7 nitrogen and oxygen atoms in total. The highest BCUT2D eigenvalue weighted by Crippen LogP contribution is 2.38. The molecule has 1 saturated heterocycles. The Bertz CT molecular complexity index is 1040. The molecule has 1 aliphatic heterocycles. The van der Waals surface area contributed by atoms with Crippen molar-refractivity contribution < 1.29 is 18.8 Å². The Morgan fingerprint density at radius 2 is 1.86 bits per heavy atom. The number of para-hydroxylation sites is 1. The third-order valence-corrected chi connectivity index (χ3v) is 5.08. The zero-order valence-corrected chi connectivity index (χ0v) is 16.9. The van der Waals surface area contributed by atoms with Gasteiger partial charge in [0.05, 0.1) is 25.7 Å². The molecule has 0 bridgehead atoms. The number of rotatable bonds is 5. The van der Waals surface area contributed by atoms with Crippen molar-refractivity contribution >= 4 is 11.6 Å². The molecule has 1 fully saturated rings. The van der Waals surface area contributed by atoms with Crippen LogP contribution in [0.3, 0.4) is 0 Å². The first-order valence-corrected chi connectivity index (χ1v) is 9.43. The molecule has 0 aliphatic carbocycles. The second-order valence-corrected chi connectivity index (χ2v) is 7.25. The smallest absolute Gasteiger partial charge is 0.232 e. The van der Waals surface area contributed by atoms with Crippen LogP contribution in [-0.4, -0.2) is 36.8 Å². The molecule has 29 heavy (non-hydrogen) atoms. The molecule has 0 unspecified atom stereocenters. The van der Waals surface area contributed by atoms with E-state index in [1.165, 1.54) is 0 Å². The number of carbonyl (C=O) groups excluding carboxylic acids is 1. The van der Waals surface area contributed by atoms with E-state index in [2.05, 4.69) is 16.2 Å². The van der Waals surface area contributed by atoms with Crippen LogP contribution < -0.4 is 14.4 Å². The summed E-state index contributed by atoms with van der Waals surface area (Å²) in [5, 5.41) is 4.11. The van der Waals surface area contributed by atoms with Crippen LogP contribution in [0.4, 0.5) is 5.69 Å². The maximum atomic E-state index is 12.6. The second-order valence-electron chi connectivity index (χ2n) is 7.25. The number of amides is 1. The van der Waals surface area contributed by atoms with Crippen molar-refractivity contribution in [2.45, 2.75) is 26.2 Å². The number of aryl methyl sites for hydroxylation is 2. The van der Waals surface area contributed by atoms with E-state index in [9.17, 15) is 4.79 Å². The number of carbonyl (C=O) groups is 1. The minimum absolute atomic E-state index is 0.0544. The quantitative estimate of drug-likeness (QED) is 0.654. The van der Waals surface area contributed by atoms with Gasteiger partial charge in [-0.15, -0.1) is 0 Å². The van der Waals surface area contributed by atoms with Crippen LogP contribution in [0.1, 0.15) is 29.4 Å². The van der Waals surface area contributed by atoms with Crippen molar-refractivity contribution in [3.05, 3.63) is 53.4 Å². The van der Waals surface area contributed by atoms with Crippen LogP contribution >= 0.6 is 0 Å². The number of hydrogen-bond acceptors (Lipinski definition) is 6. The minimum atomic E-state index is -0.152. The van der Waals surface area contributed by atoms with Crippen LogP contribution in [-0.2, 0) is 4.79 Å². The first kappa shape index (κ1) is 19.0. The number of benzene rings is 2. The van der Waals surface area contributed by atoms with Crippen LogP contribution in [0.5, 0.6) is 11.5 Å². The number of nitrogens with zero attached hydrogens (tertiary/aromatic N) is 3. The van der Waals surface area contributed by atoms with E-state index in [1.807, 2.05) is 38.1 Å². The lowest BCUT2D eigenvalue weighted by Gasteiger charge is -2.17. The van der Waals surface area contributed by atoms with Gasteiger partial charge in [0.1, 0.15) is 0 Å². The van der Waals surface area contributed by atoms with Gasteiger partial charge in [-0.3, -0.25) is 4.79 Å². The van der Waals surface area contributed by atoms with E-state index in [0.29, 0.717) is 41.7 Å². The standard InChI is InChI=1S/C22H23N3O4/c1-13-8-14(2)10-16(9-13)25-12-15(11-19(25)26)22-23-21(24-29-22)17-6-5-7-18(27-3)20(17)28-4/h5-10,15H,11-12H2,1-4H3/t15-/m1/s1. The topological polar surface area (TPSA) is 77.7 Å². The molecule has 1 aromatic heterocycles. The Hall–Kier alpha value is -3.35. The number of aromatic nitrogens is 2. The van der Waals surface area contributed by atoms with E-state index in [4.69, 9.17) is 14.0 Å². The summed E-state index contributed by atoms with van der Waals surface area (Å²) < 4.78 is 16.3. The Morgan fingerprint density at radius 1 is 1.10 bits per heavy atom. The van der Waals surface area contributed by atoms with E-state index in [-0.39, 0.29) is 11.8 Å².